The Balaban J connectivity index is 1.95. The monoisotopic (exact) mass is 390 g/mol. The molecule has 3 rings (SSSR count). The summed E-state index contributed by atoms with van der Waals surface area (Å²) in [6.07, 6.45) is -3.14. The first-order chi connectivity index (χ1) is 13.3. The first-order valence-corrected chi connectivity index (χ1v) is 7.96. The second kappa shape index (κ2) is 7.55. The number of carboxylic acids is 1. The fourth-order valence-electron chi connectivity index (χ4n) is 2.55. The molecule has 144 valence electrons. The Hall–Kier alpha value is -3.62. The molecule has 0 radical (unpaired) electrons. The SMILES string of the molecule is O=C(O)COC(=O)c1ccccc1Nc1ccnc2cc(C(F)(F)F)ccc12. The number of nitrogens with zero attached hydrogens (tertiary/aromatic N) is 1. The number of pyridine rings is 1. The van der Waals surface area contributed by atoms with Crippen LogP contribution < -0.4 is 5.32 Å². The number of carboxylic acid groups (broad SMARTS) is 1. The summed E-state index contributed by atoms with van der Waals surface area (Å²) in [6, 6.07) is 10.9. The molecular formula is C19H13F3N2O4. The molecular weight excluding hydrogens is 377 g/mol. The fraction of sp³-hybridized carbons (Fsp3) is 0.105. The predicted molar refractivity (Wildman–Crippen MR) is 94.4 cm³/mol. The highest BCUT2D eigenvalue weighted by Crippen LogP contribution is 2.33. The quantitative estimate of drug-likeness (QED) is 0.634. The number of rotatable bonds is 5. The van der Waals surface area contributed by atoms with Crippen LogP contribution in [0.15, 0.2) is 54.7 Å². The van der Waals surface area contributed by atoms with Crippen LogP contribution in [0.2, 0.25) is 0 Å². The third kappa shape index (κ3) is 4.20. The molecule has 1 aromatic heterocycles. The van der Waals surface area contributed by atoms with E-state index in [1.807, 2.05) is 0 Å². The molecule has 1 heterocycles. The number of hydrogen-bond donors (Lipinski definition) is 2. The molecule has 0 spiro atoms. The summed E-state index contributed by atoms with van der Waals surface area (Å²) >= 11 is 0. The van der Waals surface area contributed by atoms with Gasteiger partial charge >= 0.3 is 18.1 Å². The molecule has 0 aliphatic heterocycles. The van der Waals surface area contributed by atoms with Gasteiger partial charge in [-0.25, -0.2) is 9.59 Å². The van der Waals surface area contributed by atoms with Gasteiger partial charge in [0.1, 0.15) is 0 Å². The van der Waals surface area contributed by atoms with Crippen molar-refractivity contribution < 1.29 is 32.6 Å². The second-order valence-corrected chi connectivity index (χ2v) is 5.73. The normalized spacial score (nSPS) is 11.2. The summed E-state index contributed by atoms with van der Waals surface area (Å²) in [5, 5.41) is 12.0. The number of aliphatic carboxylic acids is 1. The molecule has 0 saturated heterocycles. The van der Waals surface area contributed by atoms with Gasteiger partial charge in [0.2, 0.25) is 0 Å². The molecule has 9 heteroatoms. The Kier molecular flexibility index (Phi) is 5.16. The first-order valence-electron chi connectivity index (χ1n) is 7.96. The molecule has 3 aromatic rings. The van der Waals surface area contributed by atoms with Crippen LogP contribution in [0.3, 0.4) is 0 Å². The number of halogens is 3. The summed E-state index contributed by atoms with van der Waals surface area (Å²) in [7, 11) is 0. The number of carbonyl (C=O) groups is 2. The number of fused-ring (bicyclic) bond motifs is 1. The average molecular weight is 390 g/mol. The number of benzene rings is 2. The number of nitrogens with one attached hydrogen (secondary N) is 1. The lowest BCUT2D eigenvalue weighted by molar-refractivity contribution is -0.140. The molecule has 0 fully saturated rings. The van der Waals surface area contributed by atoms with Crippen LogP contribution in [0.1, 0.15) is 15.9 Å². The fourth-order valence-corrected chi connectivity index (χ4v) is 2.55. The number of ether oxygens (including phenoxy) is 1. The molecule has 0 aliphatic rings. The van der Waals surface area contributed by atoms with E-state index in [0.717, 1.165) is 12.1 Å². The van der Waals surface area contributed by atoms with Crippen LogP contribution in [-0.2, 0) is 15.7 Å². The molecule has 2 aromatic carbocycles. The van der Waals surface area contributed by atoms with Crippen molar-refractivity contribution in [2.75, 3.05) is 11.9 Å². The van der Waals surface area contributed by atoms with E-state index in [9.17, 15) is 22.8 Å². The lowest BCUT2D eigenvalue weighted by Gasteiger charge is -2.14. The number of carbonyl (C=O) groups excluding carboxylic acids is 1. The standard InChI is InChI=1S/C19H13F3N2O4/c20-19(21,22)11-5-6-12-15(7-8-23-16(12)9-11)24-14-4-2-1-3-13(14)18(27)28-10-17(25)26/h1-9H,10H2,(H,23,24)(H,25,26). The number of esters is 1. The van der Waals surface area contributed by atoms with Gasteiger partial charge in [0.05, 0.1) is 22.3 Å². The number of aromatic nitrogens is 1. The van der Waals surface area contributed by atoms with Gasteiger partial charge in [0.25, 0.3) is 0 Å². The van der Waals surface area contributed by atoms with Gasteiger partial charge in [-0.05, 0) is 30.3 Å². The van der Waals surface area contributed by atoms with Crippen LogP contribution in [0.25, 0.3) is 10.9 Å². The highest BCUT2D eigenvalue weighted by molar-refractivity contribution is 6.00. The van der Waals surface area contributed by atoms with Crippen LogP contribution in [-0.4, -0.2) is 28.6 Å². The van der Waals surface area contributed by atoms with Gasteiger partial charge in [-0.2, -0.15) is 13.2 Å². The minimum atomic E-state index is -4.49. The van der Waals surface area contributed by atoms with Crippen molar-refractivity contribution in [1.82, 2.24) is 4.98 Å². The summed E-state index contributed by atoms with van der Waals surface area (Å²) in [5.74, 6) is -2.14. The van der Waals surface area contributed by atoms with Crippen molar-refractivity contribution in [3.05, 3.63) is 65.9 Å². The zero-order valence-corrected chi connectivity index (χ0v) is 14.2. The summed E-state index contributed by atoms with van der Waals surface area (Å²) < 4.78 is 43.4. The molecule has 0 unspecified atom stereocenters. The molecule has 0 aliphatic carbocycles. The minimum Gasteiger partial charge on any atom is -0.479 e. The van der Waals surface area contributed by atoms with E-state index in [2.05, 4.69) is 10.3 Å². The van der Waals surface area contributed by atoms with E-state index in [4.69, 9.17) is 9.84 Å². The lowest BCUT2D eigenvalue weighted by atomic mass is 10.1. The van der Waals surface area contributed by atoms with E-state index >= 15 is 0 Å². The number of para-hydroxylation sites is 1. The van der Waals surface area contributed by atoms with E-state index in [0.29, 0.717) is 16.8 Å². The zero-order chi connectivity index (χ0) is 20.3. The summed E-state index contributed by atoms with van der Waals surface area (Å²) in [5.41, 5.74) is 0.135. The zero-order valence-electron chi connectivity index (χ0n) is 14.2. The molecule has 0 amide bonds. The van der Waals surface area contributed by atoms with Crippen molar-refractivity contribution in [1.29, 1.82) is 0 Å². The lowest BCUT2D eigenvalue weighted by Crippen LogP contribution is -2.14. The predicted octanol–water partition coefficient (Wildman–Crippen LogP) is 4.24. The van der Waals surface area contributed by atoms with E-state index in [1.165, 1.54) is 18.3 Å². The molecule has 6 nitrogen and oxygen atoms in total. The Bertz CT molecular complexity index is 1050. The van der Waals surface area contributed by atoms with Gasteiger partial charge in [-0.3, -0.25) is 4.98 Å². The average Bonchev–Trinajstić information content (AvgIpc) is 2.65. The third-order valence-corrected chi connectivity index (χ3v) is 3.81. The topological polar surface area (TPSA) is 88.5 Å². The smallest absolute Gasteiger partial charge is 0.416 e. The Morgan fingerprint density at radius 2 is 1.82 bits per heavy atom. The number of anilines is 2. The largest absolute Gasteiger partial charge is 0.479 e. The molecule has 0 bridgehead atoms. The van der Waals surface area contributed by atoms with E-state index < -0.39 is 30.3 Å². The Labute approximate surface area is 156 Å². The maximum Gasteiger partial charge on any atom is 0.416 e. The van der Waals surface area contributed by atoms with Crippen LogP contribution in [0.4, 0.5) is 24.5 Å². The van der Waals surface area contributed by atoms with Crippen LogP contribution in [0, 0.1) is 0 Å². The highest BCUT2D eigenvalue weighted by atomic mass is 19.4. The second-order valence-electron chi connectivity index (χ2n) is 5.73. The Morgan fingerprint density at radius 3 is 2.54 bits per heavy atom. The van der Waals surface area contributed by atoms with Crippen molar-refractivity contribution in [2.45, 2.75) is 6.18 Å². The van der Waals surface area contributed by atoms with Crippen molar-refractivity contribution in [3.8, 4) is 0 Å². The molecule has 0 atom stereocenters. The maximum atomic E-state index is 12.9. The minimum absolute atomic E-state index is 0.0839. The van der Waals surface area contributed by atoms with Crippen molar-refractivity contribution >= 4 is 34.2 Å². The van der Waals surface area contributed by atoms with Gasteiger partial charge in [-0.15, -0.1) is 0 Å². The highest BCUT2D eigenvalue weighted by Gasteiger charge is 2.30. The van der Waals surface area contributed by atoms with E-state index in [-0.39, 0.29) is 11.1 Å². The number of alkyl halides is 3. The van der Waals surface area contributed by atoms with Gasteiger partial charge < -0.3 is 15.2 Å². The van der Waals surface area contributed by atoms with Crippen molar-refractivity contribution in [2.24, 2.45) is 0 Å². The summed E-state index contributed by atoms with van der Waals surface area (Å²) in [4.78, 5) is 26.7. The summed E-state index contributed by atoms with van der Waals surface area (Å²) in [6.45, 7) is -0.786. The van der Waals surface area contributed by atoms with Crippen LogP contribution >= 0.6 is 0 Å². The van der Waals surface area contributed by atoms with Gasteiger partial charge in [0, 0.05) is 17.3 Å². The third-order valence-electron chi connectivity index (χ3n) is 3.81. The maximum absolute atomic E-state index is 12.9. The Morgan fingerprint density at radius 1 is 1.07 bits per heavy atom. The van der Waals surface area contributed by atoms with Gasteiger partial charge in [-0.1, -0.05) is 18.2 Å². The van der Waals surface area contributed by atoms with E-state index in [1.54, 1.807) is 24.3 Å². The van der Waals surface area contributed by atoms with Gasteiger partial charge in [0.15, 0.2) is 6.61 Å². The number of hydrogen-bond acceptors (Lipinski definition) is 5. The first kappa shape index (κ1) is 19.2. The van der Waals surface area contributed by atoms with Crippen LogP contribution in [0.5, 0.6) is 0 Å². The molecule has 0 saturated carbocycles. The molecule has 2 N–H and O–H groups in total. The molecule has 28 heavy (non-hydrogen) atoms. The van der Waals surface area contributed by atoms with Crippen molar-refractivity contribution in [3.63, 3.8) is 0 Å².